The van der Waals surface area contributed by atoms with Crippen LogP contribution in [0.3, 0.4) is 0 Å². The van der Waals surface area contributed by atoms with Gasteiger partial charge in [0.1, 0.15) is 5.54 Å². The minimum absolute atomic E-state index is 0.143. The topological polar surface area (TPSA) is 38.3 Å². The number of carbonyl (C=O) groups excluding carboxylic acids is 1. The first-order chi connectivity index (χ1) is 9.12. The van der Waals surface area contributed by atoms with Crippen LogP contribution in [0, 0.1) is 5.92 Å². The first-order valence-corrected chi connectivity index (χ1v) is 8.69. The van der Waals surface area contributed by atoms with E-state index < -0.39 is 5.54 Å². The molecule has 4 heteroatoms. The molecule has 1 saturated carbocycles. The van der Waals surface area contributed by atoms with E-state index in [4.69, 9.17) is 4.74 Å². The normalized spacial score (nSPS) is 19.3. The molecule has 3 nitrogen and oxygen atoms in total. The van der Waals surface area contributed by atoms with Crippen LogP contribution < -0.4 is 5.32 Å². The fourth-order valence-electron chi connectivity index (χ4n) is 2.83. The van der Waals surface area contributed by atoms with E-state index in [1.807, 2.05) is 25.6 Å². The second-order valence-electron chi connectivity index (χ2n) is 5.68. The average molecular weight is 287 g/mol. The largest absolute Gasteiger partial charge is 0.468 e. The molecule has 0 aliphatic heterocycles. The number of hydrogen-bond acceptors (Lipinski definition) is 4. The van der Waals surface area contributed by atoms with Gasteiger partial charge in [-0.25, -0.2) is 0 Å². The van der Waals surface area contributed by atoms with Gasteiger partial charge in [0, 0.05) is 0 Å². The highest BCUT2D eigenvalue weighted by Gasteiger charge is 2.32. The van der Waals surface area contributed by atoms with E-state index in [1.165, 1.54) is 38.5 Å². The van der Waals surface area contributed by atoms with Gasteiger partial charge in [-0.3, -0.25) is 4.79 Å². The van der Waals surface area contributed by atoms with Gasteiger partial charge in [-0.15, -0.1) is 0 Å². The lowest BCUT2D eigenvalue weighted by atomic mass is 9.96. The van der Waals surface area contributed by atoms with Crippen molar-refractivity contribution in [1.29, 1.82) is 0 Å². The van der Waals surface area contributed by atoms with Crippen molar-refractivity contribution in [2.24, 2.45) is 5.92 Å². The molecule has 0 saturated heterocycles. The fourth-order valence-corrected chi connectivity index (χ4v) is 4.01. The van der Waals surface area contributed by atoms with Crippen molar-refractivity contribution < 1.29 is 9.53 Å². The molecule has 1 N–H and O–H groups in total. The molecule has 1 unspecified atom stereocenters. The van der Waals surface area contributed by atoms with Crippen molar-refractivity contribution >= 4 is 17.7 Å². The van der Waals surface area contributed by atoms with Crippen LogP contribution in [-0.2, 0) is 9.53 Å². The summed E-state index contributed by atoms with van der Waals surface area (Å²) in [6, 6.07) is 0. The molecule has 0 radical (unpaired) electrons. The van der Waals surface area contributed by atoms with Crippen LogP contribution in [0.1, 0.15) is 52.4 Å². The molecule has 0 spiro atoms. The third-order valence-corrected chi connectivity index (χ3v) is 5.28. The summed E-state index contributed by atoms with van der Waals surface area (Å²) < 4.78 is 4.90. The summed E-state index contributed by atoms with van der Waals surface area (Å²) in [5.74, 6) is 3.26. The van der Waals surface area contributed by atoms with E-state index in [1.54, 1.807) is 0 Å². The highest BCUT2D eigenvalue weighted by molar-refractivity contribution is 7.99. The zero-order valence-electron chi connectivity index (χ0n) is 12.7. The molecule has 0 heterocycles. The van der Waals surface area contributed by atoms with Crippen molar-refractivity contribution in [3.8, 4) is 0 Å². The Balaban J connectivity index is 2.18. The first-order valence-electron chi connectivity index (χ1n) is 7.53. The van der Waals surface area contributed by atoms with E-state index in [0.717, 1.165) is 31.1 Å². The van der Waals surface area contributed by atoms with Crippen molar-refractivity contribution in [2.45, 2.75) is 57.9 Å². The van der Waals surface area contributed by atoms with Crippen LogP contribution in [0.2, 0.25) is 0 Å². The number of methoxy groups -OCH3 is 1. The van der Waals surface area contributed by atoms with E-state index in [2.05, 4.69) is 5.32 Å². The van der Waals surface area contributed by atoms with Gasteiger partial charge in [0.05, 0.1) is 7.11 Å². The van der Waals surface area contributed by atoms with Gasteiger partial charge in [0.15, 0.2) is 0 Å². The lowest BCUT2D eigenvalue weighted by molar-refractivity contribution is -0.148. The van der Waals surface area contributed by atoms with Crippen LogP contribution in [-0.4, -0.2) is 36.7 Å². The molecule has 1 atom stereocenters. The van der Waals surface area contributed by atoms with Crippen LogP contribution in [0.5, 0.6) is 0 Å². The zero-order valence-corrected chi connectivity index (χ0v) is 13.5. The number of rotatable bonds is 9. The van der Waals surface area contributed by atoms with Crippen molar-refractivity contribution in [3.05, 3.63) is 0 Å². The fraction of sp³-hybridized carbons (Fsp3) is 0.933. The predicted molar refractivity (Wildman–Crippen MR) is 82.6 cm³/mol. The van der Waals surface area contributed by atoms with E-state index in [0.29, 0.717) is 0 Å². The number of carbonyl (C=O) groups is 1. The minimum atomic E-state index is -0.516. The summed E-state index contributed by atoms with van der Waals surface area (Å²) in [5.41, 5.74) is -0.516. The number of hydrogen-bond donors (Lipinski definition) is 1. The molecular weight excluding hydrogens is 258 g/mol. The summed E-state index contributed by atoms with van der Waals surface area (Å²) >= 11 is 2.05. The van der Waals surface area contributed by atoms with Gasteiger partial charge >= 0.3 is 5.97 Å². The Morgan fingerprint density at radius 1 is 1.42 bits per heavy atom. The number of likely N-dealkylation sites (N-methyl/N-ethyl adjacent to an activating group) is 1. The highest BCUT2D eigenvalue weighted by atomic mass is 32.2. The Labute approximate surface area is 122 Å². The summed E-state index contributed by atoms with van der Waals surface area (Å²) in [6.07, 6.45) is 7.60. The number of esters is 1. The SMILES string of the molecule is CCNC(C)(CCCSCC1CCCC1)C(=O)OC. The maximum Gasteiger partial charge on any atom is 0.325 e. The Bertz CT molecular complexity index is 267. The molecule has 0 aromatic carbocycles. The van der Waals surface area contributed by atoms with Crippen LogP contribution in [0.25, 0.3) is 0 Å². The second kappa shape index (κ2) is 8.85. The molecule has 1 aliphatic carbocycles. The Morgan fingerprint density at radius 2 is 2.11 bits per heavy atom. The molecule has 112 valence electrons. The number of nitrogens with one attached hydrogen (secondary N) is 1. The zero-order chi connectivity index (χ0) is 14.1. The standard InChI is InChI=1S/C15H29NO2S/c1-4-16-15(2,14(17)18-3)10-7-11-19-12-13-8-5-6-9-13/h13,16H,4-12H2,1-3H3. The van der Waals surface area contributed by atoms with Crippen molar-refractivity contribution in [1.82, 2.24) is 5.32 Å². The van der Waals surface area contributed by atoms with E-state index in [9.17, 15) is 4.79 Å². The summed E-state index contributed by atoms with van der Waals surface area (Å²) in [7, 11) is 1.47. The Morgan fingerprint density at radius 3 is 2.68 bits per heavy atom. The summed E-state index contributed by atoms with van der Waals surface area (Å²) in [6.45, 7) is 4.76. The first kappa shape index (κ1) is 16.8. The molecule has 0 bridgehead atoms. The van der Waals surface area contributed by atoms with Gasteiger partial charge in [-0.05, 0) is 56.6 Å². The lowest BCUT2D eigenvalue weighted by Gasteiger charge is -2.27. The molecule has 1 rings (SSSR count). The highest BCUT2D eigenvalue weighted by Crippen LogP contribution is 2.28. The third-order valence-electron chi connectivity index (χ3n) is 4.00. The maximum atomic E-state index is 11.8. The van der Waals surface area contributed by atoms with E-state index >= 15 is 0 Å². The molecule has 0 amide bonds. The van der Waals surface area contributed by atoms with Gasteiger partial charge in [0.2, 0.25) is 0 Å². The van der Waals surface area contributed by atoms with Crippen LogP contribution in [0.15, 0.2) is 0 Å². The van der Waals surface area contributed by atoms with Crippen LogP contribution in [0.4, 0.5) is 0 Å². The molecule has 19 heavy (non-hydrogen) atoms. The van der Waals surface area contributed by atoms with Crippen LogP contribution >= 0.6 is 11.8 Å². The minimum Gasteiger partial charge on any atom is -0.468 e. The van der Waals surface area contributed by atoms with Crippen molar-refractivity contribution in [2.75, 3.05) is 25.2 Å². The smallest absolute Gasteiger partial charge is 0.325 e. The van der Waals surface area contributed by atoms with Gasteiger partial charge < -0.3 is 10.1 Å². The van der Waals surface area contributed by atoms with Gasteiger partial charge in [0.25, 0.3) is 0 Å². The maximum absolute atomic E-state index is 11.8. The molecule has 0 aromatic rings. The summed E-state index contributed by atoms with van der Waals surface area (Å²) in [4.78, 5) is 11.8. The molecule has 0 aromatic heterocycles. The van der Waals surface area contributed by atoms with E-state index in [-0.39, 0.29) is 5.97 Å². The monoisotopic (exact) mass is 287 g/mol. The molecular formula is C15H29NO2S. The van der Waals surface area contributed by atoms with Crippen molar-refractivity contribution in [3.63, 3.8) is 0 Å². The number of ether oxygens (including phenoxy) is 1. The van der Waals surface area contributed by atoms with Gasteiger partial charge in [-0.1, -0.05) is 19.8 Å². The second-order valence-corrected chi connectivity index (χ2v) is 6.83. The Kier molecular flexibility index (Phi) is 7.84. The Hall–Kier alpha value is -0.220. The lowest BCUT2D eigenvalue weighted by Crippen LogP contribution is -2.50. The number of thioether (sulfide) groups is 1. The average Bonchev–Trinajstić information content (AvgIpc) is 2.91. The molecule has 1 aliphatic rings. The van der Waals surface area contributed by atoms with Gasteiger partial charge in [-0.2, -0.15) is 11.8 Å². The summed E-state index contributed by atoms with van der Waals surface area (Å²) in [5, 5.41) is 3.26. The third kappa shape index (κ3) is 5.74. The predicted octanol–water partition coefficient (Wildman–Crippen LogP) is 3.23. The molecule has 1 fully saturated rings. The quantitative estimate of drug-likeness (QED) is 0.522.